The van der Waals surface area contributed by atoms with Gasteiger partial charge in [0, 0.05) is 11.1 Å². The van der Waals surface area contributed by atoms with Crippen LogP contribution in [-0.4, -0.2) is 26.7 Å². The zero-order chi connectivity index (χ0) is 16.5. The highest BCUT2D eigenvalue weighted by Gasteiger charge is 2.12. The van der Waals surface area contributed by atoms with Crippen LogP contribution in [0.1, 0.15) is 0 Å². The summed E-state index contributed by atoms with van der Waals surface area (Å²) in [6, 6.07) is 19.7. The molecule has 4 rings (SSSR count). The summed E-state index contributed by atoms with van der Waals surface area (Å²) in [6.07, 6.45) is 0. The van der Waals surface area contributed by atoms with Crippen LogP contribution in [-0.2, 0) is 0 Å². The van der Waals surface area contributed by atoms with Crippen molar-refractivity contribution in [3.05, 3.63) is 60.7 Å². The normalized spacial score (nSPS) is 10.9. The van der Waals surface area contributed by atoms with E-state index in [9.17, 15) is 0 Å². The summed E-state index contributed by atoms with van der Waals surface area (Å²) in [5.41, 5.74) is 9.44. The number of hydrogen-bond acceptors (Lipinski definition) is 5. The molecule has 0 atom stereocenters. The number of nitrogen functional groups attached to an aromatic ring is 1. The van der Waals surface area contributed by atoms with Crippen molar-refractivity contribution >= 4 is 11.7 Å². The summed E-state index contributed by atoms with van der Waals surface area (Å²) < 4.78 is 6.88. The van der Waals surface area contributed by atoms with E-state index in [1.807, 2.05) is 60.7 Å². The predicted molar refractivity (Wildman–Crippen MR) is 92.6 cm³/mol. The molecule has 0 aliphatic heterocycles. The molecule has 0 saturated heterocycles. The van der Waals surface area contributed by atoms with Gasteiger partial charge in [0.2, 0.25) is 5.95 Å². The first-order valence-electron chi connectivity index (χ1n) is 7.48. The molecule has 6 heteroatoms. The number of benzene rings is 2. The highest BCUT2D eigenvalue weighted by molar-refractivity contribution is 5.71. The average Bonchev–Trinajstić information content (AvgIpc) is 3.02. The van der Waals surface area contributed by atoms with Gasteiger partial charge in [0.1, 0.15) is 5.75 Å². The number of hydrogen-bond donors (Lipinski definition) is 1. The Morgan fingerprint density at radius 2 is 1.67 bits per heavy atom. The van der Waals surface area contributed by atoms with Gasteiger partial charge in [0.05, 0.1) is 18.5 Å². The van der Waals surface area contributed by atoms with Crippen molar-refractivity contribution in [2.45, 2.75) is 0 Å². The lowest BCUT2D eigenvalue weighted by molar-refractivity contribution is 0.415. The van der Waals surface area contributed by atoms with E-state index in [2.05, 4.69) is 15.1 Å². The molecular formula is C18H15N5O. The van der Waals surface area contributed by atoms with Crippen LogP contribution in [0.25, 0.3) is 28.3 Å². The Labute approximate surface area is 138 Å². The molecule has 4 aromatic rings. The standard InChI is InChI=1S/C18H15N5O/c1-24-14-9-7-13(8-10-14)16-11-15(12-5-3-2-4-6-12)20-18-21-17(19)22-23(16)18/h2-11H,1H3,(H2,19,22). The SMILES string of the molecule is COc1ccc(-c2cc(-c3ccccc3)nc3nc(N)nn23)cc1. The fourth-order valence-corrected chi connectivity index (χ4v) is 2.61. The van der Waals surface area contributed by atoms with Gasteiger partial charge in [0.15, 0.2) is 0 Å². The fraction of sp³-hybridized carbons (Fsp3) is 0.0556. The van der Waals surface area contributed by atoms with Crippen LogP contribution < -0.4 is 10.5 Å². The van der Waals surface area contributed by atoms with Crippen molar-refractivity contribution in [3.63, 3.8) is 0 Å². The Kier molecular flexibility index (Phi) is 3.35. The van der Waals surface area contributed by atoms with Crippen LogP contribution in [0.4, 0.5) is 5.95 Å². The van der Waals surface area contributed by atoms with Gasteiger partial charge >= 0.3 is 0 Å². The van der Waals surface area contributed by atoms with Crippen molar-refractivity contribution in [1.29, 1.82) is 0 Å². The number of nitrogens with zero attached hydrogens (tertiary/aromatic N) is 4. The average molecular weight is 317 g/mol. The van der Waals surface area contributed by atoms with Crippen molar-refractivity contribution in [2.24, 2.45) is 0 Å². The molecule has 24 heavy (non-hydrogen) atoms. The Morgan fingerprint density at radius 3 is 2.38 bits per heavy atom. The molecule has 0 aliphatic rings. The highest BCUT2D eigenvalue weighted by atomic mass is 16.5. The lowest BCUT2D eigenvalue weighted by Gasteiger charge is -2.08. The van der Waals surface area contributed by atoms with Gasteiger partial charge in [-0.2, -0.15) is 9.50 Å². The topological polar surface area (TPSA) is 78.3 Å². The third-order valence-corrected chi connectivity index (χ3v) is 3.78. The molecule has 0 radical (unpaired) electrons. The summed E-state index contributed by atoms with van der Waals surface area (Å²) in [5.74, 6) is 1.47. The second-order valence-corrected chi connectivity index (χ2v) is 5.30. The van der Waals surface area contributed by atoms with Crippen LogP contribution in [0, 0.1) is 0 Å². The summed E-state index contributed by atoms with van der Waals surface area (Å²) >= 11 is 0. The molecule has 2 heterocycles. The molecule has 2 aromatic heterocycles. The number of aromatic nitrogens is 4. The van der Waals surface area contributed by atoms with Crippen molar-refractivity contribution < 1.29 is 4.74 Å². The number of rotatable bonds is 3. The molecule has 0 unspecified atom stereocenters. The summed E-state index contributed by atoms with van der Waals surface area (Å²) in [4.78, 5) is 8.78. The third-order valence-electron chi connectivity index (χ3n) is 3.78. The molecule has 2 N–H and O–H groups in total. The first-order valence-corrected chi connectivity index (χ1v) is 7.48. The van der Waals surface area contributed by atoms with Gasteiger partial charge in [-0.25, -0.2) is 4.98 Å². The molecule has 2 aromatic carbocycles. The van der Waals surface area contributed by atoms with Crippen LogP contribution in [0.5, 0.6) is 5.75 Å². The molecule has 0 fully saturated rings. The Bertz CT molecular complexity index is 993. The first kappa shape index (κ1) is 14.2. The van der Waals surface area contributed by atoms with E-state index >= 15 is 0 Å². The largest absolute Gasteiger partial charge is 0.497 e. The van der Waals surface area contributed by atoms with Gasteiger partial charge in [-0.05, 0) is 30.3 Å². The quantitative estimate of drug-likeness (QED) is 0.628. The van der Waals surface area contributed by atoms with Crippen LogP contribution in [0.3, 0.4) is 0 Å². The van der Waals surface area contributed by atoms with Gasteiger partial charge < -0.3 is 10.5 Å². The summed E-state index contributed by atoms with van der Waals surface area (Å²) in [7, 11) is 1.64. The van der Waals surface area contributed by atoms with Crippen molar-refractivity contribution in [1.82, 2.24) is 19.6 Å². The molecule has 0 aliphatic carbocycles. The number of anilines is 1. The maximum Gasteiger partial charge on any atom is 0.255 e. The zero-order valence-electron chi connectivity index (χ0n) is 13.0. The lowest BCUT2D eigenvalue weighted by Crippen LogP contribution is -1.99. The highest BCUT2D eigenvalue weighted by Crippen LogP contribution is 2.27. The minimum absolute atomic E-state index is 0.197. The maximum absolute atomic E-state index is 5.77. The predicted octanol–water partition coefficient (Wildman–Crippen LogP) is 3.05. The van der Waals surface area contributed by atoms with E-state index in [1.54, 1.807) is 11.6 Å². The van der Waals surface area contributed by atoms with E-state index in [4.69, 9.17) is 10.5 Å². The van der Waals surface area contributed by atoms with E-state index in [0.29, 0.717) is 5.78 Å². The monoisotopic (exact) mass is 317 g/mol. The Morgan fingerprint density at radius 1 is 0.917 bits per heavy atom. The number of fused-ring (bicyclic) bond motifs is 1. The van der Waals surface area contributed by atoms with E-state index < -0.39 is 0 Å². The second-order valence-electron chi connectivity index (χ2n) is 5.30. The third kappa shape index (κ3) is 2.44. The molecular weight excluding hydrogens is 302 g/mol. The van der Waals surface area contributed by atoms with Crippen LogP contribution >= 0.6 is 0 Å². The van der Waals surface area contributed by atoms with Gasteiger partial charge in [-0.1, -0.05) is 30.3 Å². The van der Waals surface area contributed by atoms with Crippen LogP contribution in [0.2, 0.25) is 0 Å². The lowest BCUT2D eigenvalue weighted by atomic mass is 10.1. The summed E-state index contributed by atoms with van der Waals surface area (Å²) in [6.45, 7) is 0. The molecule has 0 bridgehead atoms. The van der Waals surface area contributed by atoms with E-state index in [1.165, 1.54) is 0 Å². The molecule has 6 nitrogen and oxygen atoms in total. The minimum atomic E-state index is 0.197. The fourth-order valence-electron chi connectivity index (χ4n) is 2.61. The summed E-state index contributed by atoms with van der Waals surface area (Å²) in [5, 5.41) is 4.26. The van der Waals surface area contributed by atoms with Gasteiger partial charge in [-0.15, -0.1) is 5.10 Å². The first-order chi connectivity index (χ1) is 11.7. The molecule has 118 valence electrons. The number of methoxy groups -OCH3 is 1. The molecule has 0 saturated carbocycles. The minimum Gasteiger partial charge on any atom is -0.497 e. The smallest absolute Gasteiger partial charge is 0.255 e. The molecule has 0 amide bonds. The Hall–Kier alpha value is -3.41. The maximum atomic E-state index is 5.77. The molecule has 0 spiro atoms. The Balaban J connectivity index is 1.95. The van der Waals surface area contributed by atoms with E-state index in [0.717, 1.165) is 28.3 Å². The van der Waals surface area contributed by atoms with Crippen molar-refractivity contribution in [2.75, 3.05) is 12.8 Å². The van der Waals surface area contributed by atoms with Gasteiger partial charge in [0.25, 0.3) is 5.78 Å². The number of nitrogens with two attached hydrogens (primary N) is 1. The van der Waals surface area contributed by atoms with Crippen molar-refractivity contribution in [3.8, 4) is 28.3 Å². The van der Waals surface area contributed by atoms with E-state index in [-0.39, 0.29) is 5.95 Å². The van der Waals surface area contributed by atoms with Crippen LogP contribution in [0.15, 0.2) is 60.7 Å². The second kappa shape index (κ2) is 5.66. The number of ether oxygens (including phenoxy) is 1. The van der Waals surface area contributed by atoms with Gasteiger partial charge in [-0.3, -0.25) is 0 Å². The zero-order valence-corrected chi connectivity index (χ0v) is 13.0.